The third kappa shape index (κ3) is 2.47. The first-order valence-corrected chi connectivity index (χ1v) is 7.85. The van der Waals surface area contributed by atoms with Crippen molar-refractivity contribution in [1.82, 2.24) is 7.96 Å². The number of benzene rings is 2. The molecule has 1 N–H and O–H groups in total. The summed E-state index contributed by atoms with van der Waals surface area (Å²) in [6.07, 6.45) is 0. The first kappa shape index (κ1) is 12.5. The Morgan fingerprint density at radius 1 is 1.11 bits per heavy atom. The number of anilines is 1. The van der Waals surface area contributed by atoms with Crippen molar-refractivity contribution in [1.29, 1.82) is 0 Å². The van der Waals surface area contributed by atoms with Gasteiger partial charge in [0.1, 0.15) is 0 Å². The molecular weight excluding hydrogens is 373 g/mol. The molecule has 0 fully saturated rings. The van der Waals surface area contributed by atoms with Crippen LogP contribution in [0.15, 0.2) is 46.9 Å². The van der Waals surface area contributed by atoms with Crippen molar-refractivity contribution in [2.24, 2.45) is 0 Å². The van der Waals surface area contributed by atoms with Crippen LogP contribution in [0.4, 0.5) is 5.69 Å². The fourth-order valence-electron chi connectivity index (χ4n) is 1.74. The van der Waals surface area contributed by atoms with Gasteiger partial charge in [0.05, 0.1) is 0 Å². The minimum atomic E-state index is -0.157. The van der Waals surface area contributed by atoms with Gasteiger partial charge in [0.2, 0.25) is 0 Å². The Morgan fingerprint density at radius 3 is 2.79 bits per heavy atom. The molecule has 2 aromatic carbocycles. The van der Waals surface area contributed by atoms with Gasteiger partial charge in [-0.1, -0.05) is 0 Å². The van der Waals surface area contributed by atoms with E-state index in [4.69, 9.17) is 0 Å². The van der Waals surface area contributed by atoms with Gasteiger partial charge in [-0.05, 0) is 0 Å². The molecule has 3 aromatic rings. The molecule has 4 nitrogen and oxygen atoms in total. The number of hydrogen-bond donors (Lipinski definition) is 1. The fourth-order valence-corrected chi connectivity index (χ4v) is 3.36. The van der Waals surface area contributed by atoms with Gasteiger partial charge in [0.15, 0.2) is 0 Å². The normalized spacial score (nSPS) is 10.6. The molecule has 0 aliphatic carbocycles. The third-order valence-electron chi connectivity index (χ3n) is 2.65. The molecule has 6 heteroatoms. The minimum absolute atomic E-state index is 0.101. The van der Waals surface area contributed by atoms with E-state index in [1.807, 2.05) is 36.4 Å². The van der Waals surface area contributed by atoms with Crippen molar-refractivity contribution >= 4 is 53.5 Å². The zero-order valence-electron chi connectivity index (χ0n) is 9.63. The summed E-state index contributed by atoms with van der Waals surface area (Å²) in [7, 11) is 0. The number of carbonyl (C=O) groups excluding carboxylic acids is 1. The maximum atomic E-state index is 12.2. The Bertz CT molecular complexity index is 756. The molecule has 94 valence electrons. The summed E-state index contributed by atoms with van der Waals surface area (Å²) in [5.41, 5.74) is 2.94. The fraction of sp³-hybridized carbons (Fsp3) is 0. The van der Waals surface area contributed by atoms with Crippen LogP contribution in [0.25, 0.3) is 11.0 Å². The zero-order chi connectivity index (χ0) is 13.2. The van der Waals surface area contributed by atoms with Crippen molar-refractivity contribution in [3.8, 4) is 0 Å². The number of hydrogen-bond acceptors (Lipinski definition) is 3. The molecular formula is C13H8BrN3OSe. The topological polar surface area (TPSA) is 54.9 Å². The summed E-state index contributed by atoms with van der Waals surface area (Å²) < 4.78 is 9.40. The quantitative estimate of drug-likeness (QED) is 0.695. The van der Waals surface area contributed by atoms with E-state index < -0.39 is 0 Å². The van der Waals surface area contributed by atoms with Gasteiger partial charge >= 0.3 is 124 Å². The van der Waals surface area contributed by atoms with E-state index in [2.05, 4.69) is 29.2 Å². The van der Waals surface area contributed by atoms with Crippen molar-refractivity contribution in [3.63, 3.8) is 0 Å². The van der Waals surface area contributed by atoms with Crippen LogP contribution in [-0.2, 0) is 0 Å². The standard InChI is InChI=1S/C13H8BrN3OSe/c14-9-5-2-1-4-8(9)13(18)15-10-6-3-7-11-12(10)17-19-16-11/h1-7H,(H,15,18). The van der Waals surface area contributed by atoms with Crippen LogP contribution in [0, 0.1) is 0 Å². The molecule has 0 radical (unpaired) electrons. The second-order valence-corrected chi connectivity index (χ2v) is 5.83. The zero-order valence-corrected chi connectivity index (χ0v) is 12.9. The molecule has 1 aromatic heterocycles. The summed E-state index contributed by atoms with van der Waals surface area (Å²) in [5.74, 6) is -0.157. The summed E-state index contributed by atoms with van der Waals surface area (Å²) in [6, 6.07) is 12.9. The average molecular weight is 381 g/mol. The van der Waals surface area contributed by atoms with Gasteiger partial charge in [-0.2, -0.15) is 0 Å². The maximum absolute atomic E-state index is 12.2. The second-order valence-electron chi connectivity index (χ2n) is 3.87. The average Bonchev–Trinajstić information content (AvgIpc) is 2.88. The van der Waals surface area contributed by atoms with E-state index in [1.165, 1.54) is 0 Å². The molecule has 0 bridgehead atoms. The van der Waals surface area contributed by atoms with Gasteiger partial charge in [0.25, 0.3) is 0 Å². The molecule has 0 saturated carbocycles. The second kappa shape index (κ2) is 5.25. The van der Waals surface area contributed by atoms with Crippen molar-refractivity contribution in [2.75, 3.05) is 5.32 Å². The predicted molar refractivity (Wildman–Crippen MR) is 78.6 cm³/mol. The number of nitrogens with zero attached hydrogens (tertiary/aromatic N) is 2. The van der Waals surface area contributed by atoms with Crippen LogP contribution in [0.2, 0.25) is 0 Å². The van der Waals surface area contributed by atoms with Crippen LogP contribution in [-0.4, -0.2) is 28.8 Å². The Balaban J connectivity index is 1.95. The molecule has 1 heterocycles. The SMILES string of the molecule is O=C(Nc1cccc2n[se]nc12)c1ccccc1Br. The van der Waals surface area contributed by atoms with Crippen LogP contribution in [0.5, 0.6) is 0 Å². The Morgan fingerprint density at radius 2 is 1.95 bits per heavy atom. The monoisotopic (exact) mass is 381 g/mol. The first-order valence-electron chi connectivity index (χ1n) is 5.53. The molecule has 0 spiro atoms. The number of halogens is 1. The number of rotatable bonds is 2. The third-order valence-corrected chi connectivity index (χ3v) is 4.48. The van der Waals surface area contributed by atoms with Gasteiger partial charge in [-0.15, -0.1) is 0 Å². The van der Waals surface area contributed by atoms with Gasteiger partial charge in [-0.3, -0.25) is 0 Å². The van der Waals surface area contributed by atoms with Crippen LogP contribution >= 0.6 is 15.9 Å². The van der Waals surface area contributed by atoms with Gasteiger partial charge in [0, 0.05) is 0 Å². The van der Waals surface area contributed by atoms with Crippen LogP contribution in [0.1, 0.15) is 10.4 Å². The van der Waals surface area contributed by atoms with Crippen molar-refractivity contribution in [2.45, 2.75) is 0 Å². The van der Waals surface area contributed by atoms with E-state index in [0.717, 1.165) is 15.5 Å². The molecule has 1 amide bonds. The molecule has 0 unspecified atom stereocenters. The summed E-state index contributed by atoms with van der Waals surface area (Å²) in [6.45, 7) is 0. The Hall–Kier alpha value is -1.49. The molecule has 0 aliphatic rings. The van der Waals surface area contributed by atoms with E-state index >= 15 is 0 Å². The first-order chi connectivity index (χ1) is 9.25. The number of aromatic nitrogens is 2. The summed E-state index contributed by atoms with van der Waals surface area (Å²) in [5, 5.41) is 2.89. The van der Waals surface area contributed by atoms with Crippen LogP contribution in [0.3, 0.4) is 0 Å². The number of nitrogens with one attached hydrogen (secondary N) is 1. The van der Waals surface area contributed by atoms with Crippen molar-refractivity contribution in [3.05, 3.63) is 52.5 Å². The van der Waals surface area contributed by atoms with E-state index in [-0.39, 0.29) is 20.9 Å². The summed E-state index contributed by atoms with van der Waals surface area (Å²) >= 11 is 3.27. The molecule has 0 aliphatic heterocycles. The van der Waals surface area contributed by atoms with Gasteiger partial charge < -0.3 is 0 Å². The number of carbonyl (C=O) groups is 1. The molecule has 19 heavy (non-hydrogen) atoms. The van der Waals surface area contributed by atoms with E-state index in [1.54, 1.807) is 6.07 Å². The Kier molecular flexibility index (Phi) is 3.46. The molecule has 3 rings (SSSR count). The Labute approximate surface area is 124 Å². The van der Waals surface area contributed by atoms with Crippen LogP contribution < -0.4 is 5.32 Å². The molecule has 0 atom stereocenters. The number of amides is 1. The van der Waals surface area contributed by atoms with E-state index in [9.17, 15) is 4.79 Å². The van der Waals surface area contributed by atoms with E-state index in [0.29, 0.717) is 11.3 Å². The predicted octanol–water partition coefficient (Wildman–Crippen LogP) is 2.70. The van der Waals surface area contributed by atoms with Crippen molar-refractivity contribution < 1.29 is 4.79 Å². The molecule has 0 saturated heterocycles. The van der Waals surface area contributed by atoms with Gasteiger partial charge in [-0.25, -0.2) is 0 Å². The number of fused-ring (bicyclic) bond motifs is 1. The summed E-state index contributed by atoms with van der Waals surface area (Å²) in [4.78, 5) is 12.2.